The van der Waals surface area contributed by atoms with Crippen LogP contribution in [0.1, 0.15) is 40.0 Å². The van der Waals surface area contributed by atoms with E-state index in [9.17, 15) is 4.79 Å². The molecule has 4 heteroatoms. The summed E-state index contributed by atoms with van der Waals surface area (Å²) in [5.41, 5.74) is 5.35. The molecule has 0 rings (SSSR count). The number of rotatable bonds is 7. The second-order valence-electron chi connectivity index (χ2n) is 4.28. The highest BCUT2D eigenvalue weighted by atomic mass is 16.5. The lowest BCUT2D eigenvalue weighted by molar-refractivity contribution is -0.146. The van der Waals surface area contributed by atoms with E-state index in [4.69, 9.17) is 15.2 Å². The average Bonchev–Trinajstić information content (AvgIpc) is 2.18. The average molecular weight is 217 g/mol. The van der Waals surface area contributed by atoms with Gasteiger partial charge in [-0.15, -0.1) is 0 Å². The molecule has 0 saturated carbocycles. The topological polar surface area (TPSA) is 61.6 Å². The highest BCUT2D eigenvalue weighted by Gasteiger charge is 2.18. The number of esters is 1. The highest BCUT2D eigenvalue weighted by Crippen LogP contribution is 2.12. The van der Waals surface area contributed by atoms with Crippen LogP contribution in [0.2, 0.25) is 0 Å². The van der Waals surface area contributed by atoms with Crippen LogP contribution in [0.3, 0.4) is 0 Å². The van der Waals surface area contributed by atoms with Crippen molar-refractivity contribution in [2.75, 3.05) is 13.7 Å². The van der Waals surface area contributed by atoms with Gasteiger partial charge in [-0.1, -0.05) is 13.3 Å². The van der Waals surface area contributed by atoms with Crippen LogP contribution in [0, 0.1) is 0 Å². The molecule has 0 aromatic rings. The van der Waals surface area contributed by atoms with Crippen molar-refractivity contribution in [2.45, 2.75) is 51.7 Å². The maximum absolute atomic E-state index is 11.3. The van der Waals surface area contributed by atoms with Crippen molar-refractivity contribution in [3.8, 4) is 0 Å². The molecule has 4 nitrogen and oxygen atoms in total. The summed E-state index contributed by atoms with van der Waals surface area (Å²) in [6, 6.07) is -0.486. The van der Waals surface area contributed by atoms with E-state index >= 15 is 0 Å². The van der Waals surface area contributed by atoms with Gasteiger partial charge < -0.3 is 15.2 Å². The van der Waals surface area contributed by atoms with Gasteiger partial charge in [-0.05, 0) is 20.3 Å². The summed E-state index contributed by atoms with van der Waals surface area (Å²) in [7, 11) is 1.64. The molecule has 0 aliphatic carbocycles. The second-order valence-corrected chi connectivity index (χ2v) is 4.28. The lowest BCUT2D eigenvalue weighted by Gasteiger charge is -2.22. The third-order valence-corrected chi connectivity index (χ3v) is 2.40. The summed E-state index contributed by atoms with van der Waals surface area (Å²) in [4.78, 5) is 11.3. The van der Waals surface area contributed by atoms with E-state index < -0.39 is 6.04 Å². The van der Waals surface area contributed by atoms with Crippen molar-refractivity contribution in [3.05, 3.63) is 0 Å². The standard InChI is InChI=1S/C11H23NO3/c1-5-6-9(12)10(13)15-8-7-11(2,3)14-4/h9H,5-8,12H2,1-4H3/t9-/m0/s1. The minimum Gasteiger partial charge on any atom is -0.464 e. The Balaban J connectivity index is 3.72. The Hall–Kier alpha value is -0.610. The first kappa shape index (κ1) is 14.4. The molecule has 15 heavy (non-hydrogen) atoms. The molecule has 0 saturated heterocycles. The van der Waals surface area contributed by atoms with Crippen molar-refractivity contribution >= 4 is 5.97 Å². The molecule has 0 radical (unpaired) electrons. The fraction of sp³-hybridized carbons (Fsp3) is 0.909. The largest absolute Gasteiger partial charge is 0.464 e. The summed E-state index contributed by atoms with van der Waals surface area (Å²) in [5.74, 6) is -0.316. The van der Waals surface area contributed by atoms with E-state index in [1.54, 1.807) is 7.11 Å². The first-order chi connectivity index (χ1) is 6.93. The van der Waals surface area contributed by atoms with Gasteiger partial charge in [0.15, 0.2) is 0 Å². The van der Waals surface area contributed by atoms with Crippen LogP contribution in [0.15, 0.2) is 0 Å². The SMILES string of the molecule is CCC[C@H](N)C(=O)OCCC(C)(C)OC. The molecule has 2 N–H and O–H groups in total. The Morgan fingerprint density at radius 2 is 2.07 bits per heavy atom. The Kier molecular flexibility index (Phi) is 6.52. The monoisotopic (exact) mass is 217 g/mol. The predicted octanol–water partition coefficient (Wildman–Crippen LogP) is 1.47. The molecular formula is C11H23NO3. The second kappa shape index (κ2) is 6.80. The summed E-state index contributed by atoms with van der Waals surface area (Å²) in [6.07, 6.45) is 2.24. The predicted molar refractivity (Wildman–Crippen MR) is 59.5 cm³/mol. The molecule has 0 amide bonds. The molecule has 90 valence electrons. The van der Waals surface area contributed by atoms with Crippen molar-refractivity contribution in [1.82, 2.24) is 0 Å². The minimum absolute atomic E-state index is 0.255. The smallest absolute Gasteiger partial charge is 0.322 e. The third-order valence-electron chi connectivity index (χ3n) is 2.40. The van der Waals surface area contributed by atoms with E-state index in [0.29, 0.717) is 19.4 Å². The number of ether oxygens (including phenoxy) is 2. The number of hydrogen-bond donors (Lipinski definition) is 1. The van der Waals surface area contributed by atoms with Crippen LogP contribution >= 0.6 is 0 Å². The van der Waals surface area contributed by atoms with Gasteiger partial charge in [-0.3, -0.25) is 4.79 Å². The van der Waals surface area contributed by atoms with Crippen molar-refractivity contribution in [3.63, 3.8) is 0 Å². The first-order valence-corrected chi connectivity index (χ1v) is 5.40. The first-order valence-electron chi connectivity index (χ1n) is 5.40. The maximum Gasteiger partial charge on any atom is 0.322 e. The van der Waals surface area contributed by atoms with Gasteiger partial charge in [0.05, 0.1) is 12.2 Å². The normalized spacial score (nSPS) is 13.7. The molecule has 0 bridgehead atoms. The van der Waals surface area contributed by atoms with Gasteiger partial charge in [0.1, 0.15) is 6.04 Å². The van der Waals surface area contributed by atoms with Gasteiger partial charge in [-0.25, -0.2) is 0 Å². The molecule has 0 aliphatic rings. The summed E-state index contributed by atoms with van der Waals surface area (Å²) < 4.78 is 10.3. The fourth-order valence-electron chi connectivity index (χ4n) is 1.04. The van der Waals surface area contributed by atoms with E-state index in [2.05, 4.69) is 0 Å². The summed E-state index contributed by atoms with van der Waals surface area (Å²) in [5, 5.41) is 0. The number of carbonyl (C=O) groups excluding carboxylic acids is 1. The zero-order valence-corrected chi connectivity index (χ0v) is 10.2. The number of carbonyl (C=O) groups is 1. The van der Waals surface area contributed by atoms with Crippen molar-refractivity contribution in [1.29, 1.82) is 0 Å². The Morgan fingerprint density at radius 3 is 2.53 bits per heavy atom. The number of hydrogen-bond acceptors (Lipinski definition) is 4. The zero-order valence-electron chi connectivity index (χ0n) is 10.2. The molecule has 0 aliphatic heterocycles. The van der Waals surface area contributed by atoms with Gasteiger partial charge in [-0.2, -0.15) is 0 Å². The van der Waals surface area contributed by atoms with Crippen LogP contribution in [-0.2, 0) is 14.3 Å². The molecule has 0 unspecified atom stereocenters. The molecule has 1 atom stereocenters. The van der Waals surface area contributed by atoms with Gasteiger partial charge in [0.25, 0.3) is 0 Å². The Morgan fingerprint density at radius 1 is 1.47 bits per heavy atom. The van der Waals surface area contributed by atoms with Gasteiger partial charge in [0.2, 0.25) is 0 Å². The van der Waals surface area contributed by atoms with Gasteiger partial charge >= 0.3 is 5.97 Å². The van der Waals surface area contributed by atoms with Crippen LogP contribution < -0.4 is 5.73 Å². The van der Waals surface area contributed by atoms with E-state index in [1.165, 1.54) is 0 Å². The molecule has 0 heterocycles. The van der Waals surface area contributed by atoms with Crippen molar-refractivity contribution < 1.29 is 14.3 Å². The lowest BCUT2D eigenvalue weighted by Crippen LogP contribution is -2.33. The number of nitrogens with two attached hydrogens (primary N) is 1. The Labute approximate surface area is 92.1 Å². The summed E-state index contributed by atoms with van der Waals surface area (Å²) >= 11 is 0. The van der Waals surface area contributed by atoms with Crippen molar-refractivity contribution in [2.24, 2.45) is 5.73 Å². The highest BCUT2D eigenvalue weighted by molar-refractivity contribution is 5.75. The Bertz CT molecular complexity index is 192. The number of methoxy groups -OCH3 is 1. The zero-order chi connectivity index (χ0) is 11.9. The van der Waals surface area contributed by atoms with Crippen LogP contribution in [0.5, 0.6) is 0 Å². The molecule has 0 aromatic heterocycles. The summed E-state index contributed by atoms with van der Waals surface area (Å²) in [6.45, 7) is 6.25. The maximum atomic E-state index is 11.3. The molecule has 0 fully saturated rings. The molecular weight excluding hydrogens is 194 g/mol. The van der Waals surface area contributed by atoms with Crippen LogP contribution in [0.25, 0.3) is 0 Å². The fourth-order valence-corrected chi connectivity index (χ4v) is 1.04. The molecule has 0 aromatic carbocycles. The quantitative estimate of drug-likeness (QED) is 0.656. The van der Waals surface area contributed by atoms with Crippen LogP contribution in [0.4, 0.5) is 0 Å². The minimum atomic E-state index is -0.486. The van der Waals surface area contributed by atoms with E-state index in [-0.39, 0.29) is 11.6 Å². The third kappa shape index (κ3) is 6.47. The van der Waals surface area contributed by atoms with E-state index in [1.807, 2.05) is 20.8 Å². The van der Waals surface area contributed by atoms with Crippen LogP contribution in [-0.4, -0.2) is 31.3 Å². The lowest BCUT2D eigenvalue weighted by atomic mass is 10.1. The molecule has 0 spiro atoms. The van der Waals surface area contributed by atoms with E-state index in [0.717, 1.165) is 6.42 Å². The van der Waals surface area contributed by atoms with Gasteiger partial charge in [0, 0.05) is 13.5 Å².